The Morgan fingerprint density at radius 3 is 1.18 bits per heavy atom. The summed E-state index contributed by atoms with van der Waals surface area (Å²) in [5.74, 6) is -13.0. The van der Waals surface area contributed by atoms with Crippen molar-refractivity contribution in [2.75, 3.05) is 26.7 Å². The maximum absolute atomic E-state index is 14.5. The minimum atomic E-state index is -2.53. The first kappa shape index (κ1) is 82.1. The van der Waals surface area contributed by atoms with Gasteiger partial charge in [-0.1, -0.05) is 152 Å². The SMILES string of the molecule is CNC(=O)CCCCCNC(=O)[C@H](CCCCNC(=O)CCCCOC1OC(OC(=O)c2ccccc2)C(OC(=O)c2ccccc2)C(OC(=O)c2ccccc2)C1OC(=O)c1ccccc1)NC(=O)OC1OC2(OC(=O)c3ccccc3)C(OC(=O)c3ccccc3)C(OC(=O)c3ccccc3)C(OC(=O)c3ccccc3)C12. The number of carbonyl (C=O) groups excluding carboxylic acids is 12. The van der Waals surface area contributed by atoms with Crippen molar-refractivity contribution in [1.82, 2.24) is 21.3 Å². The molecule has 11 rings (SSSR count). The molecule has 114 heavy (non-hydrogen) atoms. The zero-order valence-electron chi connectivity index (χ0n) is 61.9. The Morgan fingerprint density at radius 1 is 0.351 bits per heavy atom. The van der Waals surface area contributed by atoms with Crippen LogP contribution in [0.15, 0.2) is 243 Å². The van der Waals surface area contributed by atoms with E-state index in [-0.39, 0.29) is 121 Å². The Kier molecular flexibility index (Phi) is 29.4. The summed E-state index contributed by atoms with van der Waals surface area (Å²) in [7, 11) is 1.53. The van der Waals surface area contributed by atoms with Crippen LogP contribution >= 0.6 is 0 Å². The van der Waals surface area contributed by atoms with Crippen LogP contribution in [0.2, 0.25) is 0 Å². The number of esters is 8. The van der Waals surface area contributed by atoms with Gasteiger partial charge in [-0.25, -0.2) is 43.2 Å². The molecule has 2 saturated heterocycles. The first-order valence-corrected chi connectivity index (χ1v) is 37.2. The fraction of sp³-hybridized carbons (Fsp3) is 0.302. The van der Waals surface area contributed by atoms with Crippen molar-refractivity contribution in [3.63, 3.8) is 0 Å². The van der Waals surface area contributed by atoms with E-state index in [0.717, 1.165) is 0 Å². The molecule has 8 aromatic rings. The van der Waals surface area contributed by atoms with Gasteiger partial charge in [-0.3, -0.25) is 19.1 Å². The van der Waals surface area contributed by atoms with Crippen LogP contribution in [0, 0.1) is 5.92 Å². The molecule has 592 valence electrons. The predicted molar refractivity (Wildman–Crippen MR) is 403 cm³/mol. The van der Waals surface area contributed by atoms with E-state index in [1.807, 2.05) is 0 Å². The van der Waals surface area contributed by atoms with Gasteiger partial charge in [0.15, 0.2) is 24.4 Å². The first-order chi connectivity index (χ1) is 55.5. The quantitative estimate of drug-likeness (QED) is 0.0161. The molecule has 0 aromatic heterocycles. The van der Waals surface area contributed by atoms with E-state index < -0.39 is 133 Å². The lowest BCUT2D eigenvalue weighted by Gasteiger charge is -2.50. The summed E-state index contributed by atoms with van der Waals surface area (Å²) >= 11 is 0. The fourth-order valence-electron chi connectivity index (χ4n) is 12.8. The van der Waals surface area contributed by atoms with E-state index in [1.165, 1.54) is 104 Å². The summed E-state index contributed by atoms with van der Waals surface area (Å²) in [5, 5.41) is 10.9. The zero-order chi connectivity index (χ0) is 80.2. The number of alkyl carbamates (subject to hydrolysis) is 1. The van der Waals surface area contributed by atoms with Gasteiger partial charge >= 0.3 is 53.8 Å². The average Bonchev–Trinajstić information content (AvgIpc) is 1.52. The van der Waals surface area contributed by atoms with Crippen LogP contribution in [0.1, 0.15) is 147 Å². The molecule has 12 atom stereocenters. The van der Waals surface area contributed by atoms with Gasteiger partial charge in [0.05, 0.1) is 44.5 Å². The van der Waals surface area contributed by atoms with Crippen molar-refractivity contribution in [3.8, 4) is 0 Å². The highest BCUT2D eigenvalue weighted by molar-refractivity contribution is 5.94. The summed E-state index contributed by atoms with van der Waals surface area (Å²) in [6, 6.07) is 60.7. The number of ether oxygens (including phenoxy) is 12. The number of unbranched alkanes of at least 4 members (excludes halogenated alkanes) is 4. The molecular formula is C86H84N4O24. The lowest BCUT2D eigenvalue weighted by Crippen LogP contribution is -2.68. The van der Waals surface area contributed by atoms with E-state index in [2.05, 4.69) is 21.3 Å². The standard InChI is InChI=1S/C86H84N4O24/c1-87-64(91)50-27-10-30-53-89-73(93)63(90-85(102)112-82-66-67(104-74(94)55-33-11-2-12-34-55)69(106-76(96)57-37-15-4-16-38-57)72(109-79(99)60-43-21-7-22-44-60)86(66,114-82)113-81(101)62-47-25-9-26-48-62)49-28-31-52-88-65(92)51-29-32-54-103-83-70(107-77(97)58-39-17-5-18-40-58)68(105-75(95)56-35-13-3-14-36-56)71(108-78(98)59-41-19-6-20-42-59)84(111-83)110-80(100)61-45-23-8-24-46-61/h2-9,11-26,33-48,63,66-72,82-84H,10,27-32,49-54H2,1H3,(H,87,91)(H,88,92)(H,89,93)(H,90,102)/t63-,66?,67?,68?,69?,70?,71?,72?,82?,83?,84?,86?/m0/s1. The van der Waals surface area contributed by atoms with Crippen LogP contribution in [-0.4, -0.2) is 166 Å². The molecule has 11 unspecified atom stereocenters. The number of rotatable bonds is 36. The molecule has 3 aliphatic rings. The number of amides is 4. The van der Waals surface area contributed by atoms with Crippen molar-refractivity contribution < 1.29 is 114 Å². The van der Waals surface area contributed by atoms with Crippen LogP contribution in [0.5, 0.6) is 0 Å². The maximum atomic E-state index is 14.5. The van der Waals surface area contributed by atoms with Crippen molar-refractivity contribution in [3.05, 3.63) is 287 Å². The minimum absolute atomic E-state index is 0.00819. The summed E-state index contributed by atoms with van der Waals surface area (Å²) in [6.45, 7) is 0.0541. The molecule has 8 aromatic carbocycles. The normalized spacial score (nSPS) is 20.6. The molecule has 28 heteroatoms. The number of benzene rings is 8. The van der Waals surface area contributed by atoms with Gasteiger partial charge in [-0.05, 0) is 142 Å². The summed E-state index contributed by atoms with van der Waals surface area (Å²) in [6.07, 6.45) is -14.9. The Labute approximate surface area is 655 Å². The topological polar surface area (TPSA) is 364 Å². The Hall–Kier alpha value is -12.9. The molecule has 28 nitrogen and oxygen atoms in total. The zero-order valence-corrected chi connectivity index (χ0v) is 61.9. The van der Waals surface area contributed by atoms with Crippen molar-refractivity contribution in [1.29, 1.82) is 0 Å². The van der Waals surface area contributed by atoms with Crippen LogP contribution in [0.4, 0.5) is 4.79 Å². The van der Waals surface area contributed by atoms with Crippen LogP contribution in [0.3, 0.4) is 0 Å². The van der Waals surface area contributed by atoms with Gasteiger partial charge < -0.3 is 73.4 Å². The third-order valence-corrected chi connectivity index (χ3v) is 18.7. The molecule has 4 amide bonds. The molecule has 3 fully saturated rings. The molecular weight excluding hydrogens is 1470 g/mol. The van der Waals surface area contributed by atoms with E-state index in [9.17, 15) is 57.5 Å². The number of nitrogens with one attached hydrogen (secondary N) is 4. The highest BCUT2D eigenvalue weighted by Gasteiger charge is 2.80. The maximum Gasteiger partial charge on any atom is 0.410 e. The second-order valence-corrected chi connectivity index (χ2v) is 26.6. The third-order valence-electron chi connectivity index (χ3n) is 18.7. The Morgan fingerprint density at radius 2 is 0.719 bits per heavy atom. The molecule has 1 saturated carbocycles. The fourth-order valence-corrected chi connectivity index (χ4v) is 12.8. The highest BCUT2D eigenvalue weighted by Crippen LogP contribution is 2.56. The van der Waals surface area contributed by atoms with E-state index in [1.54, 1.807) is 146 Å². The molecule has 0 spiro atoms. The monoisotopic (exact) mass is 1560 g/mol. The van der Waals surface area contributed by atoms with Gasteiger partial charge in [0.25, 0.3) is 5.79 Å². The van der Waals surface area contributed by atoms with Crippen LogP contribution < -0.4 is 21.3 Å². The molecule has 1 aliphatic carbocycles. The van der Waals surface area contributed by atoms with Crippen LogP contribution in [-0.2, 0) is 71.2 Å². The van der Waals surface area contributed by atoms with Crippen molar-refractivity contribution >= 4 is 71.6 Å². The average molecular weight is 1560 g/mol. The largest absolute Gasteiger partial charge is 0.454 e. The van der Waals surface area contributed by atoms with Gasteiger partial charge in [-0.2, -0.15) is 0 Å². The molecule has 2 heterocycles. The highest BCUT2D eigenvalue weighted by atomic mass is 16.8. The summed E-state index contributed by atoms with van der Waals surface area (Å²) < 4.78 is 73.9. The van der Waals surface area contributed by atoms with Crippen LogP contribution in [0.25, 0.3) is 0 Å². The van der Waals surface area contributed by atoms with E-state index >= 15 is 0 Å². The number of hydrogen-bond donors (Lipinski definition) is 4. The number of carbonyl (C=O) groups is 12. The number of fused-ring (bicyclic) bond motifs is 1. The van der Waals surface area contributed by atoms with E-state index in [0.29, 0.717) is 19.3 Å². The molecule has 4 N–H and O–H groups in total. The second kappa shape index (κ2) is 40.9. The number of hydrogen-bond acceptors (Lipinski definition) is 24. The molecule has 0 bridgehead atoms. The van der Waals surface area contributed by atoms with E-state index in [4.69, 9.17) is 56.8 Å². The lowest BCUT2D eigenvalue weighted by molar-refractivity contribution is -0.425. The Balaban J connectivity index is 0.770. The van der Waals surface area contributed by atoms with Crippen molar-refractivity contribution in [2.24, 2.45) is 5.92 Å². The smallest absolute Gasteiger partial charge is 0.410 e. The third kappa shape index (κ3) is 22.0. The second-order valence-electron chi connectivity index (χ2n) is 26.6. The summed E-state index contributed by atoms with van der Waals surface area (Å²) in [4.78, 5) is 167. The molecule has 2 aliphatic heterocycles. The minimum Gasteiger partial charge on any atom is -0.454 e. The Bertz CT molecular complexity index is 4580. The summed E-state index contributed by atoms with van der Waals surface area (Å²) in [5.41, 5.74) is 0.348. The van der Waals surface area contributed by atoms with Gasteiger partial charge in [-0.15, -0.1) is 0 Å². The van der Waals surface area contributed by atoms with Gasteiger partial charge in [0.2, 0.25) is 48.8 Å². The van der Waals surface area contributed by atoms with Gasteiger partial charge in [0.1, 0.15) is 12.0 Å². The van der Waals surface area contributed by atoms with Gasteiger partial charge in [0, 0.05) is 39.6 Å². The lowest BCUT2D eigenvalue weighted by atomic mass is 9.92. The predicted octanol–water partition coefficient (Wildman–Crippen LogP) is 10.4. The molecule has 0 radical (unpaired) electrons. The first-order valence-electron chi connectivity index (χ1n) is 37.2. The van der Waals surface area contributed by atoms with Crippen molar-refractivity contribution in [2.45, 2.75) is 132 Å².